The van der Waals surface area contributed by atoms with Gasteiger partial charge in [-0.2, -0.15) is 0 Å². The summed E-state index contributed by atoms with van der Waals surface area (Å²) in [7, 11) is 0. The van der Waals surface area contributed by atoms with E-state index in [1.807, 2.05) is 0 Å². The molecule has 8 aromatic rings. The molecule has 0 N–H and O–H groups in total. The zero-order valence-electron chi connectivity index (χ0n) is 32.3. The minimum absolute atomic E-state index is 0.141. The second-order valence-corrected chi connectivity index (χ2v) is 16.2. The molecule has 0 saturated heterocycles. The van der Waals surface area contributed by atoms with Gasteiger partial charge in [-0.1, -0.05) is 153 Å². The van der Waals surface area contributed by atoms with Gasteiger partial charge in [-0.3, -0.25) is 0 Å². The minimum atomic E-state index is -0.157. The Kier molecular flexibility index (Phi) is 8.43. The zero-order valence-corrected chi connectivity index (χ0v) is 32.3. The van der Waals surface area contributed by atoms with Crippen molar-refractivity contribution < 1.29 is 0 Å². The molecule has 1 aliphatic carbocycles. The third-order valence-corrected chi connectivity index (χ3v) is 11.2. The number of nitrogens with zero attached hydrogens (tertiary/aromatic N) is 2. The van der Waals surface area contributed by atoms with Crippen LogP contribution in [-0.4, -0.2) is 4.57 Å². The van der Waals surface area contributed by atoms with Gasteiger partial charge in [-0.05, 0) is 114 Å². The molecule has 0 aliphatic heterocycles. The first-order valence-corrected chi connectivity index (χ1v) is 19.4. The number of aromatic nitrogens is 1. The zero-order chi connectivity index (χ0) is 37.7. The average Bonchev–Trinajstić information content (AvgIpc) is 3.67. The molecule has 2 nitrogen and oxygen atoms in total. The highest BCUT2D eigenvalue weighted by Crippen LogP contribution is 2.53. The molecule has 1 aromatic heterocycles. The van der Waals surface area contributed by atoms with E-state index in [-0.39, 0.29) is 11.0 Å². The fraction of sp³-hybridized carbons (Fsp3) is 0.132. The van der Waals surface area contributed by atoms with Gasteiger partial charge in [-0.15, -0.1) is 0 Å². The van der Waals surface area contributed by atoms with Crippen molar-refractivity contribution in [3.63, 3.8) is 0 Å². The van der Waals surface area contributed by atoms with Crippen molar-refractivity contribution in [1.29, 1.82) is 0 Å². The van der Waals surface area contributed by atoms with E-state index in [4.69, 9.17) is 0 Å². The predicted octanol–water partition coefficient (Wildman–Crippen LogP) is 14.7. The Morgan fingerprint density at radius 2 is 0.982 bits per heavy atom. The summed E-state index contributed by atoms with van der Waals surface area (Å²) in [6, 6.07) is 63.8. The van der Waals surface area contributed by atoms with Gasteiger partial charge in [0.05, 0.1) is 5.69 Å². The number of fused-ring (bicyclic) bond motifs is 4. The van der Waals surface area contributed by atoms with E-state index in [9.17, 15) is 0 Å². The number of benzene rings is 7. The van der Waals surface area contributed by atoms with Crippen LogP contribution in [0.15, 0.2) is 176 Å². The van der Waals surface area contributed by atoms with Crippen LogP contribution in [0.3, 0.4) is 0 Å². The largest absolute Gasteiger partial charge is 0.335 e. The Hall–Kier alpha value is -6.38. The van der Waals surface area contributed by atoms with E-state index in [1.165, 1.54) is 66.7 Å². The summed E-state index contributed by atoms with van der Waals surface area (Å²) in [4.78, 5) is 2.30. The second-order valence-electron chi connectivity index (χ2n) is 16.2. The fourth-order valence-corrected chi connectivity index (χ4v) is 8.63. The predicted molar refractivity (Wildman–Crippen MR) is 235 cm³/mol. The molecule has 0 spiro atoms. The van der Waals surface area contributed by atoms with Crippen LogP contribution in [0.1, 0.15) is 56.9 Å². The molecule has 0 fully saturated rings. The number of anilines is 3. The quantitative estimate of drug-likeness (QED) is 0.150. The average molecular weight is 711 g/mol. The Morgan fingerprint density at radius 1 is 0.491 bits per heavy atom. The molecule has 55 heavy (non-hydrogen) atoms. The summed E-state index contributed by atoms with van der Waals surface area (Å²) >= 11 is 0. The first-order chi connectivity index (χ1) is 26.7. The highest BCUT2D eigenvalue weighted by Gasteiger charge is 2.38. The monoisotopic (exact) mass is 710 g/mol. The van der Waals surface area contributed by atoms with Crippen LogP contribution in [0.25, 0.3) is 56.6 Å². The van der Waals surface area contributed by atoms with Crippen LogP contribution in [0.2, 0.25) is 0 Å². The molecule has 0 amide bonds. The second kappa shape index (κ2) is 13.5. The summed E-state index contributed by atoms with van der Waals surface area (Å²) in [5, 5.41) is 1.30. The molecule has 0 radical (unpaired) electrons. The SMILES string of the molecule is CC1(C)c2cc(/C=C/c3ccc(N(c4ccccc4)c4ccccc4)cc3)ccc2-c2cc3c(-c4ccccc4)c(-c4ccccc4)n(C(C)(C)C)c3cc21. The van der Waals surface area contributed by atoms with Gasteiger partial charge in [0, 0.05) is 44.5 Å². The van der Waals surface area contributed by atoms with Crippen LogP contribution in [0, 0.1) is 0 Å². The molecule has 0 saturated carbocycles. The van der Waals surface area contributed by atoms with Crippen LogP contribution >= 0.6 is 0 Å². The van der Waals surface area contributed by atoms with Crippen LogP contribution < -0.4 is 4.90 Å². The van der Waals surface area contributed by atoms with E-state index < -0.39 is 0 Å². The lowest BCUT2D eigenvalue weighted by Crippen LogP contribution is -2.23. The van der Waals surface area contributed by atoms with Gasteiger partial charge < -0.3 is 9.47 Å². The van der Waals surface area contributed by atoms with Crippen molar-refractivity contribution in [1.82, 2.24) is 4.57 Å². The Labute approximate surface area is 325 Å². The highest BCUT2D eigenvalue weighted by atomic mass is 15.1. The van der Waals surface area contributed by atoms with Crippen molar-refractivity contribution in [2.45, 2.75) is 45.6 Å². The Morgan fingerprint density at radius 3 is 1.56 bits per heavy atom. The third-order valence-electron chi connectivity index (χ3n) is 11.2. The summed E-state index contributed by atoms with van der Waals surface area (Å²) in [5.74, 6) is 0. The van der Waals surface area contributed by atoms with Crippen LogP contribution in [0.5, 0.6) is 0 Å². The summed E-state index contributed by atoms with van der Waals surface area (Å²) < 4.78 is 2.58. The number of hydrogen-bond donors (Lipinski definition) is 0. The van der Waals surface area contributed by atoms with Gasteiger partial charge in [0.25, 0.3) is 0 Å². The van der Waals surface area contributed by atoms with Crippen molar-refractivity contribution in [3.05, 3.63) is 198 Å². The van der Waals surface area contributed by atoms with E-state index in [0.29, 0.717) is 0 Å². The molecule has 7 aromatic carbocycles. The van der Waals surface area contributed by atoms with Gasteiger partial charge in [0.1, 0.15) is 0 Å². The maximum Gasteiger partial charge on any atom is 0.0576 e. The Balaban J connectivity index is 1.10. The van der Waals surface area contributed by atoms with Crippen LogP contribution in [0.4, 0.5) is 17.1 Å². The van der Waals surface area contributed by atoms with Crippen molar-refractivity contribution in [2.24, 2.45) is 0 Å². The molecule has 1 heterocycles. The van der Waals surface area contributed by atoms with Crippen molar-refractivity contribution >= 4 is 40.1 Å². The highest BCUT2D eigenvalue weighted by molar-refractivity contribution is 6.08. The smallest absolute Gasteiger partial charge is 0.0576 e. The lowest BCUT2D eigenvalue weighted by Gasteiger charge is -2.27. The van der Waals surface area contributed by atoms with E-state index in [2.05, 4.69) is 232 Å². The van der Waals surface area contributed by atoms with Gasteiger partial charge in [0.2, 0.25) is 0 Å². The normalized spacial score (nSPS) is 13.3. The summed E-state index contributed by atoms with van der Waals surface area (Å²) in [6.07, 6.45) is 4.48. The lowest BCUT2D eigenvalue weighted by molar-refractivity contribution is 0.415. The number of rotatable bonds is 7. The molecule has 268 valence electrons. The number of hydrogen-bond acceptors (Lipinski definition) is 1. The van der Waals surface area contributed by atoms with E-state index in [1.54, 1.807) is 0 Å². The fourth-order valence-electron chi connectivity index (χ4n) is 8.63. The molecule has 0 bridgehead atoms. The summed E-state index contributed by atoms with van der Waals surface area (Å²) in [6.45, 7) is 11.8. The standard InChI is InChI=1S/C53H46N2/c1-52(2,3)55-49-36-48-45(35-46(49)50(39-18-10-6-11-19-39)51(55)40-20-12-7-13-21-40)44-33-30-38(34-47(44)53(48,4)5)27-26-37-28-31-43(32-29-37)54(41-22-14-8-15-23-41)42-24-16-9-17-25-42/h6-36H,1-5H3/b27-26+. The van der Waals surface area contributed by atoms with Gasteiger partial charge in [0.15, 0.2) is 0 Å². The maximum atomic E-state index is 2.58. The van der Waals surface area contributed by atoms with Gasteiger partial charge in [-0.25, -0.2) is 0 Å². The Bertz CT molecular complexity index is 2620. The molecule has 0 atom stereocenters. The number of para-hydroxylation sites is 2. The van der Waals surface area contributed by atoms with Crippen molar-refractivity contribution in [2.75, 3.05) is 4.90 Å². The van der Waals surface area contributed by atoms with Crippen LogP contribution in [-0.2, 0) is 11.0 Å². The maximum absolute atomic E-state index is 2.58. The topological polar surface area (TPSA) is 8.17 Å². The third kappa shape index (κ3) is 6.09. The van der Waals surface area contributed by atoms with E-state index >= 15 is 0 Å². The first-order valence-electron chi connectivity index (χ1n) is 19.4. The molecule has 2 heteroatoms. The van der Waals surface area contributed by atoms with E-state index in [0.717, 1.165) is 17.1 Å². The lowest BCUT2D eigenvalue weighted by atomic mass is 9.81. The molecular weight excluding hydrogens is 665 g/mol. The molecular formula is C53H46N2. The van der Waals surface area contributed by atoms with Gasteiger partial charge >= 0.3 is 0 Å². The summed E-state index contributed by atoms with van der Waals surface area (Å²) in [5.41, 5.74) is 17.2. The molecule has 1 aliphatic rings. The minimum Gasteiger partial charge on any atom is -0.335 e. The first kappa shape index (κ1) is 34.4. The molecule has 0 unspecified atom stereocenters. The van der Waals surface area contributed by atoms with Crippen molar-refractivity contribution in [3.8, 4) is 33.5 Å². The molecule has 9 rings (SSSR count).